The fraction of sp³-hybridized carbons (Fsp3) is 0.912. The van der Waals surface area contributed by atoms with Crippen LogP contribution in [0.15, 0.2) is 20.5 Å². The number of halogens is 2. The van der Waals surface area contributed by atoms with E-state index >= 15 is 0 Å². The molecule has 9 N–H and O–H groups in total. The number of aliphatic hydroxyl groups is 8. The van der Waals surface area contributed by atoms with Crippen LogP contribution in [0.5, 0.6) is 0 Å². The maximum atomic E-state index is 11.5. The van der Waals surface area contributed by atoms with Crippen molar-refractivity contribution >= 4 is 49.8 Å². The van der Waals surface area contributed by atoms with Crippen molar-refractivity contribution in [3.05, 3.63) is 41.8 Å². The number of hydrogen-bond acceptors (Lipinski definition) is 22. The summed E-state index contributed by atoms with van der Waals surface area (Å²) in [4.78, 5) is 43.4. The van der Waals surface area contributed by atoms with E-state index in [0.29, 0.717) is 17.2 Å². The standard InChI is InChI=1S/C10H17BrO3.C10H17N3O6.C8H13N3O7.C2H5BrO.2C2H5N3O/c1-5-6(2)8(10(12)13-4)14-9(11)7(5)3;1-5-6(14)7(15)10(18-4-3-12-13-11)19-8(5)9(16)17-2;9-11-10-1-2-17-8-5(14)3(12)4(13)6(18-8)7(15)16;3-1-2-4;2*3-5-4-1-2-6/h5-9H,1-4H3;5-8,10,14-15H,3-4H2,1-2H3;3-6,8,12-14H,1-2H2,(H,15,16);4H,1-2H2;2*6H,1-2H2/t5-,6-,7?,8?,9-;5-,6-,7?,8?,10+;3-,4-,5?,6?,8+;;;/m000.../s1. The van der Waals surface area contributed by atoms with Crippen LogP contribution >= 0.6 is 31.9 Å². The van der Waals surface area contributed by atoms with Crippen LogP contribution in [0.3, 0.4) is 0 Å². The average Bonchev–Trinajstić information content (AvgIpc) is 3.33. The van der Waals surface area contributed by atoms with E-state index < -0.39 is 79.3 Å². The van der Waals surface area contributed by atoms with Crippen LogP contribution in [0.25, 0.3) is 41.8 Å². The van der Waals surface area contributed by atoms with Gasteiger partial charge in [-0.05, 0) is 39.9 Å². The Hall–Kier alpha value is -3.91. The number of aliphatic carboxylic acids is 1. The molecular weight excluding hydrogens is 1040 g/mol. The summed E-state index contributed by atoms with van der Waals surface area (Å²) < 4.78 is 35.0. The number of carboxylic acids is 1. The number of carbonyl (C=O) groups excluding carboxylic acids is 2. The summed E-state index contributed by atoms with van der Waals surface area (Å²) in [5, 5.41) is 93.4. The Bertz CT molecular complexity index is 1560. The normalized spacial score (nSPS) is 30.1. The second-order valence-corrected chi connectivity index (χ2v) is 15.1. The van der Waals surface area contributed by atoms with Crippen molar-refractivity contribution in [1.82, 2.24) is 0 Å². The van der Waals surface area contributed by atoms with Gasteiger partial charge in [-0.3, -0.25) is 0 Å². The lowest BCUT2D eigenvalue weighted by Crippen LogP contribution is -2.60. The zero-order valence-electron chi connectivity index (χ0n) is 37.5. The highest BCUT2D eigenvalue weighted by Crippen LogP contribution is 2.37. The van der Waals surface area contributed by atoms with Crippen LogP contribution in [-0.2, 0) is 47.5 Å². The molecule has 0 spiro atoms. The van der Waals surface area contributed by atoms with Crippen molar-refractivity contribution in [3.8, 4) is 0 Å². The number of carbonyl (C=O) groups is 3. The average molecular weight is 1100 g/mol. The second kappa shape index (κ2) is 41.1. The molecule has 31 nitrogen and oxygen atoms in total. The van der Waals surface area contributed by atoms with Crippen molar-refractivity contribution in [1.29, 1.82) is 0 Å². The lowest BCUT2D eigenvalue weighted by atomic mass is 9.80. The Balaban J connectivity index is -0.000000793. The number of aliphatic hydroxyl groups excluding tert-OH is 8. The van der Waals surface area contributed by atoms with Crippen molar-refractivity contribution in [3.63, 3.8) is 0 Å². The van der Waals surface area contributed by atoms with Gasteiger partial charge in [0, 0.05) is 70.3 Å². The first-order valence-corrected chi connectivity index (χ1v) is 21.8. The second-order valence-electron chi connectivity index (χ2n) is 13.5. The molecule has 6 unspecified atom stereocenters. The summed E-state index contributed by atoms with van der Waals surface area (Å²) in [5.41, 5.74) is 31.2. The predicted molar refractivity (Wildman–Crippen MR) is 236 cm³/mol. The van der Waals surface area contributed by atoms with Crippen molar-refractivity contribution < 1.29 is 93.5 Å². The number of esters is 2. The van der Waals surface area contributed by atoms with Crippen molar-refractivity contribution in [2.45, 2.75) is 94.1 Å². The topological polar surface area (TPSA) is 493 Å². The zero-order chi connectivity index (χ0) is 52.1. The van der Waals surface area contributed by atoms with Crippen LogP contribution in [0.1, 0.15) is 27.7 Å². The number of methoxy groups -OCH3 is 2. The molecule has 15 atom stereocenters. The van der Waals surface area contributed by atoms with Crippen LogP contribution in [0.4, 0.5) is 0 Å². The van der Waals surface area contributed by atoms with Crippen LogP contribution in [0.2, 0.25) is 0 Å². The quantitative estimate of drug-likeness (QED) is 0.0259. The highest BCUT2D eigenvalue weighted by Gasteiger charge is 2.48. The van der Waals surface area contributed by atoms with E-state index in [0.717, 1.165) is 0 Å². The molecule has 3 saturated heterocycles. The first kappa shape index (κ1) is 67.4. The summed E-state index contributed by atoms with van der Waals surface area (Å²) in [6, 6.07) is 0. The maximum Gasteiger partial charge on any atom is 0.335 e. The number of hydrogen-bond donors (Lipinski definition) is 9. The van der Waals surface area contributed by atoms with Crippen molar-refractivity contribution in [2.24, 2.45) is 44.1 Å². The number of azide groups is 4. The highest BCUT2D eigenvalue weighted by atomic mass is 79.9. The van der Waals surface area contributed by atoms with E-state index in [4.69, 9.17) is 71.0 Å². The van der Waals surface area contributed by atoms with Gasteiger partial charge >= 0.3 is 17.9 Å². The first-order chi connectivity index (χ1) is 31.7. The Kier molecular flexibility index (Phi) is 41.3. The number of rotatable bonds is 16. The van der Waals surface area contributed by atoms with E-state index in [2.05, 4.69) is 90.5 Å². The molecule has 0 saturated carbocycles. The molecule has 3 aliphatic heterocycles. The minimum Gasteiger partial charge on any atom is -0.479 e. The van der Waals surface area contributed by atoms with Gasteiger partial charge in [-0.2, -0.15) is 0 Å². The molecule has 3 rings (SSSR count). The predicted octanol–water partition coefficient (Wildman–Crippen LogP) is 0.914. The minimum absolute atomic E-state index is 0.000774. The molecule has 0 bridgehead atoms. The zero-order valence-corrected chi connectivity index (χ0v) is 40.6. The van der Waals surface area contributed by atoms with E-state index in [1.165, 1.54) is 14.2 Å². The van der Waals surface area contributed by atoms with E-state index in [1.54, 1.807) is 6.92 Å². The number of ether oxygens (including phenoxy) is 7. The number of carboxylic acid groups (broad SMARTS) is 1. The summed E-state index contributed by atoms with van der Waals surface area (Å²) in [5.74, 6) is -1.99. The Labute approximate surface area is 400 Å². The molecule has 0 amide bonds. The van der Waals surface area contributed by atoms with E-state index in [-0.39, 0.29) is 76.1 Å². The van der Waals surface area contributed by atoms with E-state index in [1.807, 2.05) is 6.92 Å². The van der Waals surface area contributed by atoms with Crippen LogP contribution in [-0.4, -0.2) is 209 Å². The monoisotopic (exact) mass is 1100 g/mol. The van der Waals surface area contributed by atoms with Crippen LogP contribution < -0.4 is 0 Å². The number of nitrogens with zero attached hydrogens (tertiary/aromatic N) is 12. The van der Waals surface area contributed by atoms with Gasteiger partial charge in [0.2, 0.25) is 0 Å². The highest BCUT2D eigenvalue weighted by molar-refractivity contribution is 9.09. The summed E-state index contributed by atoms with van der Waals surface area (Å²) in [6.45, 7) is 8.20. The molecule has 67 heavy (non-hydrogen) atoms. The largest absolute Gasteiger partial charge is 0.479 e. The molecule has 386 valence electrons. The van der Waals surface area contributed by atoms with Gasteiger partial charge in [0.1, 0.15) is 29.4 Å². The van der Waals surface area contributed by atoms with Gasteiger partial charge in [-0.15, -0.1) is 0 Å². The molecule has 3 fully saturated rings. The van der Waals surface area contributed by atoms with Crippen LogP contribution in [0, 0.1) is 23.7 Å². The van der Waals surface area contributed by atoms with Gasteiger partial charge in [-0.1, -0.05) is 80.0 Å². The lowest BCUT2D eigenvalue weighted by molar-refractivity contribution is -0.293. The fourth-order valence-electron chi connectivity index (χ4n) is 5.17. The Morgan fingerprint density at radius 1 is 0.552 bits per heavy atom. The fourth-order valence-corrected chi connectivity index (χ4v) is 5.88. The molecule has 0 radical (unpaired) electrons. The Morgan fingerprint density at radius 3 is 1.27 bits per heavy atom. The summed E-state index contributed by atoms with van der Waals surface area (Å²) in [7, 11) is 2.59. The lowest BCUT2D eigenvalue weighted by Gasteiger charge is -2.40. The summed E-state index contributed by atoms with van der Waals surface area (Å²) >= 11 is 6.43. The molecule has 0 aromatic rings. The summed E-state index contributed by atoms with van der Waals surface area (Å²) in [6.07, 6.45) is -13.3. The van der Waals surface area contributed by atoms with Crippen molar-refractivity contribution in [2.75, 3.05) is 78.8 Å². The smallest absolute Gasteiger partial charge is 0.335 e. The third-order valence-electron chi connectivity index (χ3n) is 9.12. The van der Waals surface area contributed by atoms with Gasteiger partial charge < -0.3 is 79.1 Å². The van der Waals surface area contributed by atoms with Gasteiger partial charge in [0.05, 0.1) is 40.1 Å². The third-order valence-corrected chi connectivity index (χ3v) is 10.5. The van der Waals surface area contributed by atoms with Gasteiger partial charge in [0.25, 0.3) is 0 Å². The SMILES string of the molecule is COC(=O)C1O[C@@H](OCCN=[N+]=[N-])C(O)[C@@H](O)[C@@H]1C.COC(=O)C1O[C@H](Br)C(C)[C@@H](C)[C@@H]1C.OCCBr.[N-]=[N+]=NCCO.[N-]=[N+]=NCCO.[N-]=[N+]=NCCO[C@@H]1OC(C(=O)O)[C@@H](O)[C@H](O)C1O. The molecule has 0 aliphatic carbocycles. The molecule has 0 aromatic heterocycles. The van der Waals surface area contributed by atoms with Gasteiger partial charge in [0.15, 0.2) is 30.9 Å². The molecular formula is C34H62Br2N12O19. The minimum atomic E-state index is -1.76. The molecule has 33 heteroatoms. The molecule has 3 aliphatic rings. The Morgan fingerprint density at radius 2 is 0.925 bits per heavy atom. The molecule has 3 heterocycles. The number of alkyl halides is 2. The third kappa shape index (κ3) is 27.0. The van der Waals surface area contributed by atoms with E-state index in [9.17, 15) is 39.9 Å². The molecule has 0 aromatic carbocycles. The first-order valence-electron chi connectivity index (χ1n) is 19.8. The van der Waals surface area contributed by atoms with Gasteiger partial charge in [-0.25, -0.2) is 14.4 Å². The maximum absolute atomic E-state index is 11.5.